The fourth-order valence-corrected chi connectivity index (χ4v) is 5.79. The fourth-order valence-electron chi connectivity index (χ4n) is 5.13. The molecule has 0 radical (unpaired) electrons. The molecule has 2 unspecified atom stereocenters. The van der Waals surface area contributed by atoms with Crippen LogP contribution in [0.4, 0.5) is 0 Å². The Bertz CT molecular complexity index is 1530. The summed E-state index contributed by atoms with van der Waals surface area (Å²) in [5.74, 6) is -0.960. The van der Waals surface area contributed by atoms with Gasteiger partial charge in [-0.2, -0.15) is 11.8 Å². The van der Waals surface area contributed by atoms with E-state index < -0.39 is 27.8 Å². The van der Waals surface area contributed by atoms with E-state index in [-0.39, 0.29) is 18.3 Å². The lowest BCUT2D eigenvalue weighted by molar-refractivity contribution is -0.139. The third-order valence-corrected chi connectivity index (χ3v) is 9.33. The Balaban J connectivity index is 0.00000124. The fraction of sp³-hybridized carbons (Fsp3) is 0.429. The summed E-state index contributed by atoms with van der Waals surface area (Å²) >= 11 is 1.86. The first kappa shape index (κ1) is 35.3. The van der Waals surface area contributed by atoms with Crippen molar-refractivity contribution in [3.63, 3.8) is 0 Å². The van der Waals surface area contributed by atoms with Gasteiger partial charge in [0.2, 0.25) is 0 Å². The van der Waals surface area contributed by atoms with Gasteiger partial charge in [0.05, 0.1) is 18.5 Å². The number of aliphatic carboxylic acids is 1. The molecule has 0 saturated carbocycles. The molecule has 0 heterocycles. The molecular formula is C35H45NO6S2. The molecule has 0 fully saturated rings. The van der Waals surface area contributed by atoms with E-state index >= 15 is 0 Å². The summed E-state index contributed by atoms with van der Waals surface area (Å²) in [6, 6.07) is 18.3. The van der Waals surface area contributed by atoms with Crippen molar-refractivity contribution in [2.24, 2.45) is 0 Å². The third kappa shape index (κ3) is 10.5. The number of hydrogen-bond acceptors (Lipinski definition) is 6. The van der Waals surface area contributed by atoms with Crippen molar-refractivity contribution < 1.29 is 27.9 Å². The second-order valence-electron chi connectivity index (χ2n) is 11.2. The highest BCUT2D eigenvalue weighted by molar-refractivity contribution is 7.98. The Kier molecular flexibility index (Phi) is 13.5. The van der Waals surface area contributed by atoms with Gasteiger partial charge in [0.1, 0.15) is 15.9 Å². The summed E-state index contributed by atoms with van der Waals surface area (Å²) in [5, 5.41) is 12.1. The molecule has 1 aliphatic carbocycles. The van der Waals surface area contributed by atoms with Crippen LogP contribution in [0.2, 0.25) is 0 Å². The lowest BCUT2D eigenvalue weighted by Gasteiger charge is -2.20. The molecule has 238 valence electrons. The Morgan fingerprint density at radius 1 is 1.00 bits per heavy atom. The number of carboxylic acids is 1. The number of thioether (sulfide) groups is 1. The number of aryl methyl sites for hydroxylation is 3. The van der Waals surface area contributed by atoms with Crippen molar-refractivity contribution in [2.45, 2.75) is 71.6 Å². The first-order valence-corrected chi connectivity index (χ1v) is 18.5. The van der Waals surface area contributed by atoms with Crippen molar-refractivity contribution >= 4 is 33.5 Å². The van der Waals surface area contributed by atoms with E-state index in [1.807, 2.05) is 62.0 Å². The topological polar surface area (TPSA) is 110 Å². The molecule has 9 heteroatoms. The molecular weight excluding hydrogens is 595 g/mol. The van der Waals surface area contributed by atoms with E-state index in [9.17, 15) is 23.1 Å². The summed E-state index contributed by atoms with van der Waals surface area (Å²) in [6.45, 7) is 6.47. The second-order valence-corrected chi connectivity index (χ2v) is 14.7. The van der Waals surface area contributed by atoms with Crippen LogP contribution in [0.1, 0.15) is 77.4 Å². The predicted octanol–water partition coefficient (Wildman–Crippen LogP) is 6.81. The molecule has 2 atom stereocenters. The number of nitrogens with one attached hydrogen (secondary N) is 1. The van der Waals surface area contributed by atoms with Crippen LogP contribution in [0.15, 0.2) is 60.7 Å². The summed E-state index contributed by atoms with van der Waals surface area (Å²) in [7, 11) is -3.38. The normalized spacial score (nSPS) is 14.0. The number of ether oxygens (including phenoxy) is 1. The standard InChI is InChI=1S/C32H37NO6S.C3H8S/c1-21-8-4-7-11-27(21)29-18-23(20-39-22(2)25-14-13-24-9-5-6-10-26(24)19-25)12-15-28(29)31(34)33-30(32(35)36)16-17-40(3,37)38;1-3-4-2/h4,7-8,11-15,18-19,22,30H,5-6,9-10,16-17,20H2,1-3H3,(H,33,34)(H,35,36);3H2,1-2H3. The molecule has 0 aromatic heterocycles. The molecule has 1 amide bonds. The molecule has 2 N–H and O–H groups in total. The van der Waals surface area contributed by atoms with Crippen LogP contribution in [0.25, 0.3) is 11.1 Å². The second kappa shape index (κ2) is 16.8. The lowest BCUT2D eigenvalue weighted by Crippen LogP contribution is -2.42. The molecule has 44 heavy (non-hydrogen) atoms. The average Bonchev–Trinajstić information content (AvgIpc) is 3.01. The van der Waals surface area contributed by atoms with Crippen LogP contribution < -0.4 is 5.32 Å². The quantitative estimate of drug-likeness (QED) is 0.224. The number of fused-ring (bicyclic) bond motifs is 1. The summed E-state index contributed by atoms with van der Waals surface area (Å²) in [5.41, 5.74) is 7.64. The number of rotatable bonds is 12. The first-order chi connectivity index (χ1) is 20.9. The number of hydrogen-bond donors (Lipinski definition) is 2. The van der Waals surface area contributed by atoms with Gasteiger partial charge in [-0.1, -0.05) is 55.5 Å². The number of carboxylic acid groups (broad SMARTS) is 1. The Labute approximate surface area is 266 Å². The molecule has 0 saturated heterocycles. The average molecular weight is 640 g/mol. The van der Waals surface area contributed by atoms with Gasteiger partial charge >= 0.3 is 5.97 Å². The molecule has 0 bridgehead atoms. The number of benzene rings is 3. The van der Waals surface area contributed by atoms with Gasteiger partial charge in [0.15, 0.2) is 0 Å². The SMILES string of the molecule is CCSC.Cc1ccccc1-c1cc(COC(C)c2ccc3c(c2)CCCC3)ccc1C(=O)NC(CCS(C)(=O)=O)C(=O)O. The molecule has 1 aliphatic rings. The number of sulfone groups is 1. The van der Waals surface area contributed by atoms with Crippen molar-refractivity contribution in [1.29, 1.82) is 0 Å². The molecule has 0 aliphatic heterocycles. The van der Waals surface area contributed by atoms with E-state index in [0.717, 1.165) is 41.4 Å². The Morgan fingerprint density at radius 3 is 2.32 bits per heavy atom. The highest BCUT2D eigenvalue weighted by Gasteiger charge is 2.24. The summed E-state index contributed by atoms with van der Waals surface area (Å²) in [4.78, 5) is 25.1. The maximum absolute atomic E-state index is 13.3. The van der Waals surface area contributed by atoms with Crippen LogP contribution in [0.3, 0.4) is 0 Å². The smallest absolute Gasteiger partial charge is 0.326 e. The molecule has 3 aromatic rings. The Morgan fingerprint density at radius 2 is 1.68 bits per heavy atom. The lowest BCUT2D eigenvalue weighted by atomic mass is 9.89. The van der Waals surface area contributed by atoms with Crippen molar-refractivity contribution in [3.05, 3.63) is 94.0 Å². The largest absolute Gasteiger partial charge is 0.480 e. The van der Waals surface area contributed by atoms with Crippen LogP contribution in [-0.4, -0.2) is 55.5 Å². The Hall–Kier alpha value is -3.14. The van der Waals surface area contributed by atoms with E-state index in [0.29, 0.717) is 17.7 Å². The number of carbonyl (C=O) groups is 2. The van der Waals surface area contributed by atoms with Crippen LogP contribution >= 0.6 is 11.8 Å². The molecule has 7 nitrogen and oxygen atoms in total. The summed E-state index contributed by atoms with van der Waals surface area (Å²) in [6.07, 6.45) is 7.52. The van der Waals surface area contributed by atoms with E-state index in [2.05, 4.69) is 36.7 Å². The van der Waals surface area contributed by atoms with Gasteiger partial charge in [-0.05, 0) is 109 Å². The van der Waals surface area contributed by atoms with E-state index in [4.69, 9.17) is 4.74 Å². The van der Waals surface area contributed by atoms with Gasteiger partial charge in [-0.25, -0.2) is 13.2 Å². The van der Waals surface area contributed by atoms with Crippen molar-refractivity contribution in [3.8, 4) is 11.1 Å². The van der Waals surface area contributed by atoms with Crippen molar-refractivity contribution in [2.75, 3.05) is 24.0 Å². The third-order valence-electron chi connectivity index (χ3n) is 7.78. The minimum atomic E-state index is -3.38. The summed E-state index contributed by atoms with van der Waals surface area (Å²) < 4.78 is 29.4. The highest BCUT2D eigenvalue weighted by atomic mass is 32.2. The van der Waals surface area contributed by atoms with Crippen LogP contribution in [0, 0.1) is 6.92 Å². The molecule has 0 spiro atoms. The predicted molar refractivity (Wildman–Crippen MR) is 180 cm³/mol. The number of carbonyl (C=O) groups excluding carboxylic acids is 1. The molecule has 4 rings (SSSR count). The zero-order chi connectivity index (χ0) is 32.3. The minimum absolute atomic E-state index is 0.108. The van der Waals surface area contributed by atoms with Crippen LogP contribution in [0.5, 0.6) is 0 Å². The first-order valence-electron chi connectivity index (χ1n) is 15.1. The van der Waals surface area contributed by atoms with Crippen molar-refractivity contribution in [1.82, 2.24) is 5.32 Å². The maximum atomic E-state index is 13.3. The minimum Gasteiger partial charge on any atom is -0.480 e. The monoisotopic (exact) mass is 639 g/mol. The zero-order valence-corrected chi connectivity index (χ0v) is 28.0. The van der Waals surface area contributed by atoms with Gasteiger partial charge in [0.25, 0.3) is 5.91 Å². The van der Waals surface area contributed by atoms with Gasteiger partial charge in [-0.15, -0.1) is 0 Å². The van der Waals surface area contributed by atoms with E-state index in [1.165, 1.54) is 29.7 Å². The van der Waals surface area contributed by atoms with Gasteiger partial charge in [0, 0.05) is 11.8 Å². The van der Waals surface area contributed by atoms with Gasteiger partial charge in [-0.3, -0.25) is 4.79 Å². The van der Waals surface area contributed by atoms with E-state index in [1.54, 1.807) is 6.07 Å². The molecule has 3 aromatic carbocycles. The van der Waals surface area contributed by atoms with Gasteiger partial charge < -0.3 is 15.2 Å². The van der Waals surface area contributed by atoms with Crippen LogP contribution in [-0.2, 0) is 38.8 Å². The zero-order valence-electron chi connectivity index (χ0n) is 26.4. The number of amides is 1. The maximum Gasteiger partial charge on any atom is 0.326 e. The highest BCUT2D eigenvalue weighted by Crippen LogP contribution is 2.30.